The molecule has 0 saturated heterocycles. The summed E-state index contributed by atoms with van der Waals surface area (Å²) in [5.74, 6) is 0.793. The number of aryl methyl sites for hydroxylation is 1. The van der Waals surface area contributed by atoms with Gasteiger partial charge in [0.25, 0.3) is 5.91 Å². The third-order valence-electron chi connectivity index (χ3n) is 5.25. The molecular weight excluding hydrogens is 444 g/mol. The number of rotatable bonds is 6. The van der Waals surface area contributed by atoms with Crippen molar-refractivity contribution in [1.82, 2.24) is 14.4 Å². The summed E-state index contributed by atoms with van der Waals surface area (Å²) in [6, 6.07) is 14.0. The Morgan fingerprint density at radius 1 is 1.12 bits per heavy atom. The molecule has 33 heavy (non-hydrogen) atoms. The zero-order chi connectivity index (χ0) is 23.8. The molecule has 3 aromatic rings. The van der Waals surface area contributed by atoms with E-state index in [0.29, 0.717) is 23.2 Å². The molecule has 0 radical (unpaired) electrons. The normalized spacial score (nSPS) is 14.3. The highest BCUT2D eigenvalue weighted by molar-refractivity contribution is 7.89. The van der Waals surface area contributed by atoms with Crippen LogP contribution in [0.2, 0.25) is 0 Å². The predicted octanol–water partition coefficient (Wildman–Crippen LogP) is 3.29. The maximum Gasteiger partial charge on any atom is 0.265 e. The molecule has 0 fully saturated rings. The van der Waals surface area contributed by atoms with E-state index in [1.165, 1.54) is 21.3 Å². The van der Waals surface area contributed by atoms with Gasteiger partial charge in [0.2, 0.25) is 15.9 Å². The third kappa shape index (κ3) is 4.76. The zero-order valence-corrected chi connectivity index (χ0v) is 19.8. The Labute approximate surface area is 193 Å². The minimum atomic E-state index is -3.91. The second-order valence-electron chi connectivity index (χ2n) is 8.80. The van der Waals surface area contributed by atoms with Gasteiger partial charge in [-0.15, -0.1) is 0 Å². The summed E-state index contributed by atoms with van der Waals surface area (Å²) < 4.78 is 39.5. The average Bonchev–Trinajstić information content (AvgIpc) is 3.18. The molecule has 0 spiro atoms. The Balaban J connectivity index is 1.73. The van der Waals surface area contributed by atoms with Crippen LogP contribution in [0.4, 0.5) is 5.69 Å². The predicted molar refractivity (Wildman–Crippen MR) is 121 cm³/mol. The van der Waals surface area contributed by atoms with Crippen LogP contribution in [0.1, 0.15) is 38.0 Å². The Morgan fingerprint density at radius 2 is 1.85 bits per heavy atom. The zero-order valence-electron chi connectivity index (χ0n) is 19.0. The highest BCUT2D eigenvalue weighted by Gasteiger charge is 2.36. The van der Waals surface area contributed by atoms with E-state index in [9.17, 15) is 13.2 Å². The van der Waals surface area contributed by atoms with Crippen molar-refractivity contribution in [2.45, 2.75) is 51.2 Å². The molecule has 0 aliphatic carbocycles. The van der Waals surface area contributed by atoms with E-state index >= 15 is 0 Å². The van der Waals surface area contributed by atoms with Crippen molar-refractivity contribution in [3.8, 4) is 5.75 Å². The lowest BCUT2D eigenvalue weighted by Crippen LogP contribution is -2.45. The first-order chi connectivity index (χ1) is 15.6. The molecule has 10 heteroatoms. The van der Waals surface area contributed by atoms with Gasteiger partial charge < -0.3 is 9.26 Å². The first-order valence-corrected chi connectivity index (χ1v) is 11.9. The number of ether oxygens (including phenoxy) is 1. The van der Waals surface area contributed by atoms with Crippen LogP contribution in [0.25, 0.3) is 0 Å². The van der Waals surface area contributed by atoms with Crippen LogP contribution in [-0.4, -0.2) is 40.9 Å². The molecular formula is C23H26N4O5S. The van der Waals surface area contributed by atoms with Gasteiger partial charge in [-0.05, 0) is 44.5 Å². The smallest absolute Gasteiger partial charge is 0.265 e. The Kier molecular flexibility index (Phi) is 5.98. The highest BCUT2D eigenvalue weighted by Crippen LogP contribution is 2.37. The fraction of sp³-hybridized carbons (Fsp3) is 0.348. The molecule has 0 N–H and O–H groups in total. The molecule has 4 rings (SSSR count). The molecule has 0 bridgehead atoms. The number of aromatic nitrogens is 2. The fourth-order valence-corrected chi connectivity index (χ4v) is 5.42. The summed E-state index contributed by atoms with van der Waals surface area (Å²) in [6.45, 7) is 7.31. The molecule has 0 saturated carbocycles. The van der Waals surface area contributed by atoms with Gasteiger partial charge in [0.05, 0.1) is 17.1 Å². The van der Waals surface area contributed by atoms with Crippen LogP contribution in [0.3, 0.4) is 0 Å². The van der Waals surface area contributed by atoms with Crippen molar-refractivity contribution in [2.24, 2.45) is 0 Å². The molecule has 1 aliphatic rings. The van der Waals surface area contributed by atoms with Crippen molar-refractivity contribution >= 4 is 21.6 Å². The van der Waals surface area contributed by atoms with E-state index in [1.807, 2.05) is 51.1 Å². The number of carbonyl (C=O) groups excluding carboxylic acids is 1. The number of hydrogen-bond donors (Lipinski definition) is 0. The Hall–Kier alpha value is -3.24. The third-order valence-corrected chi connectivity index (χ3v) is 7.35. The van der Waals surface area contributed by atoms with Gasteiger partial charge in [-0.2, -0.15) is 9.29 Å². The monoisotopic (exact) mass is 470 g/mol. The molecule has 2 aromatic carbocycles. The van der Waals surface area contributed by atoms with Gasteiger partial charge >= 0.3 is 0 Å². The minimum absolute atomic E-state index is 0.0447. The van der Waals surface area contributed by atoms with Gasteiger partial charge in [0.1, 0.15) is 5.75 Å². The fourth-order valence-electron chi connectivity index (χ4n) is 3.62. The van der Waals surface area contributed by atoms with Crippen LogP contribution in [0.15, 0.2) is 57.9 Å². The lowest BCUT2D eigenvalue weighted by molar-refractivity contribution is -0.121. The first kappa shape index (κ1) is 22.9. The maximum absolute atomic E-state index is 13.8. The summed E-state index contributed by atoms with van der Waals surface area (Å²) in [5.41, 5.74) is 0.545. The summed E-state index contributed by atoms with van der Waals surface area (Å²) in [4.78, 5) is 18.3. The van der Waals surface area contributed by atoms with E-state index in [4.69, 9.17) is 9.26 Å². The lowest BCUT2D eigenvalue weighted by atomic mass is 10.1. The van der Waals surface area contributed by atoms with Crippen LogP contribution in [0.5, 0.6) is 5.75 Å². The molecule has 0 unspecified atom stereocenters. The van der Waals surface area contributed by atoms with Crippen molar-refractivity contribution in [3.05, 3.63) is 65.8 Å². The van der Waals surface area contributed by atoms with E-state index in [2.05, 4.69) is 10.1 Å². The second kappa shape index (κ2) is 8.60. The van der Waals surface area contributed by atoms with Gasteiger partial charge in [0.15, 0.2) is 12.4 Å². The lowest BCUT2D eigenvalue weighted by Gasteiger charge is -2.35. The molecule has 2 heterocycles. The van der Waals surface area contributed by atoms with Crippen LogP contribution in [0, 0.1) is 6.92 Å². The molecule has 1 aromatic heterocycles. The number of anilines is 1. The maximum atomic E-state index is 13.8. The van der Waals surface area contributed by atoms with Crippen molar-refractivity contribution in [1.29, 1.82) is 0 Å². The van der Waals surface area contributed by atoms with E-state index in [0.717, 1.165) is 5.56 Å². The molecule has 174 valence electrons. The number of carbonyl (C=O) groups is 1. The largest absolute Gasteiger partial charge is 0.482 e. The average molecular weight is 471 g/mol. The molecule has 9 nitrogen and oxygen atoms in total. The topological polar surface area (TPSA) is 106 Å². The van der Waals surface area contributed by atoms with Crippen molar-refractivity contribution in [3.63, 3.8) is 0 Å². The summed E-state index contributed by atoms with van der Waals surface area (Å²) in [5, 5.41) is 3.85. The van der Waals surface area contributed by atoms with Crippen LogP contribution >= 0.6 is 0 Å². The SMILES string of the molecule is Cc1nc(CN2C(=O)COc3ccc(S(=O)(=O)N(Cc4ccccc4)C(C)(C)C)cc32)no1. The highest BCUT2D eigenvalue weighted by atomic mass is 32.2. The number of benzene rings is 2. The van der Waals surface area contributed by atoms with Gasteiger partial charge in [-0.3, -0.25) is 9.69 Å². The molecule has 0 atom stereocenters. The number of nitrogens with zero attached hydrogens (tertiary/aromatic N) is 4. The standard InChI is InChI=1S/C23H26N4O5S/c1-16-24-21(25-32-16)14-26-19-12-18(10-11-20(19)31-15-22(26)28)33(29,30)27(23(2,3)4)13-17-8-6-5-7-9-17/h5-12H,13-15H2,1-4H3. The Bertz CT molecular complexity index is 1270. The minimum Gasteiger partial charge on any atom is -0.482 e. The number of fused-ring (bicyclic) bond motifs is 1. The van der Waals surface area contributed by atoms with Gasteiger partial charge in [-0.25, -0.2) is 8.42 Å². The van der Waals surface area contributed by atoms with Crippen LogP contribution in [-0.2, 0) is 27.9 Å². The van der Waals surface area contributed by atoms with Crippen molar-refractivity contribution in [2.75, 3.05) is 11.5 Å². The van der Waals surface area contributed by atoms with Crippen molar-refractivity contribution < 1.29 is 22.5 Å². The van der Waals surface area contributed by atoms with Gasteiger partial charge in [-0.1, -0.05) is 35.5 Å². The molecule has 1 amide bonds. The van der Waals surface area contributed by atoms with E-state index in [-0.39, 0.29) is 30.5 Å². The number of amides is 1. The first-order valence-electron chi connectivity index (χ1n) is 10.5. The molecule has 1 aliphatic heterocycles. The quantitative estimate of drug-likeness (QED) is 0.544. The van der Waals surface area contributed by atoms with E-state index < -0.39 is 15.6 Å². The number of hydrogen-bond acceptors (Lipinski definition) is 7. The number of sulfonamides is 1. The summed E-state index contributed by atoms with van der Waals surface area (Å²) >= 11 is 0. The summed E-state index contributed by atoms with van der Waals surface area (Å²) in [6.07, 6.45) is 0. The van der Waals surface area contributed by atoms with Gasteiger partial charge in [0, 0.05) is 19.0 Å². The van der Waals surface area contributed by atoms with Crippen LogP contribution < -0.4 is 9.64 Å². The second-order valence-corrected chi connectivity index (χ2v) is 10.7. The van der Waals surface area contributed by atoms with E-state index in [1.54, 1.807) is 13.0 Å². The Morgan fingerprint density at radius 3 is 2.48 bits per heavy atom. The summed E-state index contributed by atoms with van der Waals surface area (Å²) in [7, 11) is -3.91.